The first kappa shape index (κ1) is 11.7. The molecule has 2 fully saturated rings. The van der Waals surface area contributed by atoms with Crippen molar-refractivity contribution in [2.45, 2.75) is 43.8 Å². The van der Waals surface area contributed by atoms with E-state index in [1.54, 1.807) is 25.0 Å². The monoisotopic (exact) mass is 272 g/mol. The van der Waals surface area contributed by atoms with Crippen LogP contribution in [0.3, 0.4) is 0 Å². The molecule has 2 bridgehead atoms. The Morgan fingerprint density at radius 2 is 2.05 bits per heavy atom. The number of carbonyl (C=O) groups excluding carboxylic acids is 1. The van der Waals surface area contributed by atoms with Crippen LogP contribution in [0.5, 0.6) is 0 Å². The molecule has 2 unspecified atom stereocenters. The molecule has 0 spiro atoms. The largest absolute Gasteiger partial charge is 0.472 e. The molecule has 1 amide bonds. The van der Waals surface area contributed by atoms with Gasteiger partial charge in [0.2, 0.25) is 0 Å². The lowest BCUT2D eigenvalue weighted by Gasteiger charge is -2.38. The average molecular weight is 272 g/mol. The summed E-state index contributed by atoms with van der Waals surface area (Å²) in [6.07, 6.45) is 10.5. The van der Waals surface area contributed by atoms with E-state index in [2.05, 4.69) is 15.0 Å². The number of amides is 1. The highest BCUT2D eigenvalue weighted by Crippen LogP contribution is 2.41. The van der Waals surface area contributed by atoms with Gasteiger partial charge in [-0.15, -0.1) is 0 Å². The summed E-state index contributed by atoms with van der Waals surface area (Å²) < 4.78 is 6.96. The number of carbonyl (C=O) groups is 1. The molecule has 104 valence electrons. The molecule has 2 atom stereocenters. The second-order valence-electron chi connectivity index (χ2n) is 5.61. The Kier molecular flexibility index (Phi) is 2.61. The van der Waals surface area contributed by atoms with Gasteiger partial charge >= 0.3 is 0 Å². The summed E-state index contributed by atoms with van der Waals surface area (Å²) in [6, 6.07) is 2.73. The minimum Gasteiger partial charge on any atom is -0.472 e. The Hall–Kier alpha value is -2.11. The third-order valence-corrected chi connectivity index (χ3v) is 4.52. The Labute approximate surface area is 116 Å². The summed E-state index contributed by atoms with van der Waals surface area (Å²) >= 11 is 0. The van der Waals surface area contributed by atoms with Crippen molar-refractivity contribution in [2.75, 3.05) is 0 Å². The number of hydrogen-bond acceptors (Lipinski definition) is 4. The van der Waals surface area contributed by atoms with Gasteiger partial charge in [0.05, 0.1) is 17.9 Å². The fourth-order valence-corrected chi connectivity index (χ4v) is 3.64. The van der Waals surface area contributed by atoms with Crippen LogP contribution >= 0.6 is 0 Å². The molecule has 0 N–H and O–H groups in total. The van der Waals surface area contributed by atoms with Gasteiger partial charge in [-0.05, 0) is 31.7 Å². The van der Waals surface area contributed by atoms with Crippen molar-refractivity contribution in [1.29, 1.82) is 0 Å². The topological polar surface area (TPSA) is 64.2 Å². The zero-order valence-electron chi connectivity index (χ0n) is 11.1. The number of piperidine rings is 1. The summed E-state index contributed by atoms with van der Waals surface area (Å²) in [6.45, 7) is 0. The molecule has 20 heavy (non-hydrogen) atoms. The summed E-state index contributed by atoms with van der Waals surface area (Å²) in [4.78, 5) is 18.6. The quantitative estimate of drug-likeness (QED) is 0.837. The Balaban J connectivity index is 1.56. The molecule has 6 heteroatoms. The molecule has 0 radical (unpaired) electrons. The molecule has 4 rings (SSSR count). The standard InChI is InChI=1S/C14H16N4O2/c19-14(10-3-4-20-7-10)18-11-1-2-12(18)6-13(5-11)17-9-15-8-16-17/h3-4,7-9,11-13H,1-2,5-6H2. The maximum atomic E-state index is 12.5. The fourth-order valence-electron chi connectivity index (χ4n) is 3.64. The van der Waals surface area contributed by atoms with Gasteiger partial charge in [0.25, 0.3) is 5.91 Å². The summed E-state index contributed by atoms with van der Waals surface area (Å²) in [5, 5.41) is 4.24. The van der Waals surface area contributed by atoms with E-state index >= 15 is 0 Å². The number of nitrogens with zero attached hydrogens (tertiary/aromatic N) is 4. The minimum atomic E-state index is 0.100. The van der Waals surface area contributed by atoms with Crippen LogP contribution in [0.2, 0.25) is 0 Å². The Bertz CT molecular complexity index is 579. The van der Waals surface area contributed by atoms with Crippen LogP contribution in [-0.4, -0.2) is 37.7 Å². The third-order valence-electron chi connectivity index (χ3n) is 4.52. The van der Waals surface area contributed by atoms with Crippen LogP contribution in [0.4, 0.5) is 0 Å². The van der Waals surface area contributed by atoms with Gasteiger partial charge in [-0.25, -0.2) is 9.67 Å². The smallest absolute Gasteiger partial charge is 0.257 e. The predicted molar refractivity (Wildman–Crippen MR) is 70.0 cm³/mol. The number of aromatic nitrogens is 3. The van der Waals surface area contributed by atoms with Gasteiger partial charge < -0.3 is 9.32 Å². The first-order chi connectivity index (χ1) is 9.83. The molecular formula is C14H16N4O2. The van der Waals surface area contributed by atoms with E-state index in [-0.39, 0.29) is 5.91 Å². The molecule has 2 aliphatic rings. The molecule has 2 aromatic heterocycles. The van der Waals surface area contributed by atoms with Gasteiger partial charge in [0.1, 0.15) is 18.9 Å². The van der Waals surface area contributed by atoms with Crippen LogP contribution in [0.15, 0.2) is 35.7 Å². The van der Waals surface area contributed by atoms with Crippen LogP contribution in [-0.2, 0) is 0 Å². The van der Waals surface area contributed by atoms with E-state index in [0.29, 0.717) is 23.7 Å². The highest BCUT2D eigenvalue weighted by molar-refractivity contribution is 5.94. The number of fused-ring (bicyclic) bond motifs is 2. The van der Waals surface area contributed by atoms with Crippen molar-refractivity contribution in [2.24, 2.45) is 0 Å². The van der Waals surface area contributed by atoms with Crippen molar-refractivity contribution < 1.29 is 9.21 Å². The van der Waals surface area contributed by atoms with Crippen LogP contribution in [0, 0.1) is 0 Å². The number of furan rings is 1. The molecule has 6 nitrogen and oxygen atoms in total. The molecular weight excluding hydrogens is 256 g/mol. The van der Waals surface area contributed by atoms with Crippen molar-refractivity contribution in [1.82, 2.24) is 19.7 Å². The highest BCUT2D eigenvalue weighted by atomic mass is 16.3. The lowest BCUT2D eigenvalue weighted by atomic mass is 9.97. The first-order valence-electron chi connectivity index (χ1n) is 7.02. The highest BCUT2D eigenvalue weighted by Gasteiger charge is 2.44. The molecule has 0 aromatic carbocycles. The minimum absolute atomic E-state index is 0.100. The molecule has 2 saturated heterocycles. The van der Waals surface area contributed by atoms with Crippen LogP contribution in [0.25, 0.3) is 0 Å². The molecule has 0 saturated carbocycles. The second-order valence-corrected chi connectivity index (χ2v) is 5.61. The summed E-state index contributed by atoms with van der Waals surface area (Å²) in [5.74, 6) is 0.100. The zero-order valence-corrected chi connectivity index (χ0v) is 11.1. The maximum Gasteiger partial charge on any atom is 0.257 e. The maximum absolute atomic E-state index is 12.5. The van der Waals surface area contributed by atoms with E-state index in [0.717, 1.165) is 25.7 Å². The van der Waals surface area contributed by atoms with E-state index in [1.807, 2.05) is 4.68 Å². The van der Waals surface area contributed by atoms with Gasteiger partial charge in [0, 0.05) is 12.1 Å². The van der Waals surface area contributed by atoms with Crippen molar-refractivity contribution >= 4 is 5.91 Å². The summed E-state index contributed by atoms with van der Waals surface area (Å²) in [5.41, 5.74) is 0.654. The van der Waals surface area contributed by atoms with E-state index in [1.165, 1.54) is 6.26 Å². The SMILES string of the molecule is O=C(c1ccoc1)N1C2CCC1CC(n1cncn1)C2. The number of rotatable bonds is 2. The van der Waals surface area contributed by atoms with Crippen molar-refractivity contribution in [3.05, 3.63) is 36.8 Å². The normalized spacial score (nSPS) is 28.8. The summed E-state index contributed by atoms with van der Waals surface area (Å²) in [7, 11) is 0. The third kappa shape index (κ3) is 1.75. The van der Waals surface area contributed by atoms with E-state index in [4.69, 9.17) is 4.42 Å². The second kappa shape index (κ2) is 4.47. The Morgan fingerprint density at radius 1 is 1.25 bits per heavy atom. The Morgan fingerprint density at radius 3 is 2.65 bits per heavy atom. The van der Waals surface area contributed by atoms with Gasteiger partial charge in [-0.3, -0.25) is 4.79 Å². The molecule has 2 aromatic rings. The van der Waals surface area contributed by atoms with Gasteiger partial charge in [-0.2, -0.15) is 5.10 Å². The van der Waals surface area contributed by atoms with Gasteiger partial charge in [-0.1, -0.05) is 0 Å². The molecule has 2 aliphatic heterocycles. The van der Waals surface area contributed by atoms with E-state index in [9.17, 15) is 4.79 Å². The van der Waals surface area contributed by atoms with E-state index < -0.39 is 0 Å². The number of hydrogen-bond donors (Lipinski definition) is 0. The fraction of sp³-hybridized carbons (Fsp3) is 0.500. The van der Waals surface area contributed by atoms with Gasteiger partial charge in [0.15, 0.2) is 0 Å². The lowest BCUT2D eigenvalue weighted by molar-refractivity contribution is 0.0523. The zero-order chi connectivity index (χ0) is 13.5. The van der Waals surface area contributed by atoms with Crippen molar-refractivity contribution in [3.8, 4) is 0 Å². The predicted octanol–water partition coefficient (Wildman–Crippen LogP) is 1.88. The molecule has 4 heterocycles. The van der Waals surface area contributed by atoms with Crippen LogP contribution in [0.1, 0.15) is 42.1 Å². The average Bonchev–Trinajstić information content (AvgIpc) is 3.18. The van der Waals surface area contributed by atoms with Crippen molar-refractivity contribution in [3.63, 3.8) is 0 Å². The lowest BCUT2D eigenvalue weighted by Crippen LogP contribution is -2.46. The first-order valence-corrected chi connectivity index (χ1v) is 7.02. The molecule has 0 aliphatic carbocycles. The van der Waals surface area contributed by atoms with Crippen LogP contribution < -0.4 is 0 Å².